The van der Waals surface area contributed by atoms with Crippen LogP contribution in [0, 0.1) is 0 Å². The molecular formula is C17H19NO2. The van der Waals surface area contributed by atoms with Crippen molar-refractivity contribution in [2.24, 2.45) is 0 Å². The maximum atomic E-state index is 12.2. The van der Waals surface area contributed by atoms with E-state index in [1.807, 2.05) is 19.9 Å². The molecule has 1 aliphatic heterocycles. The monoisotopic (exact) mass is 269 g/mol. The first kappa shape index (κ1) is 15.6. The van der Waals surface area contributed by atoms with Gasteiger partial charge in [-0.2, -0.15) is 0 Å². The number of ketones is 1. The van der Waals surface area contributed by atoms with Gasteiger partial charge in [0.05, 0.1) is 11.3 Å². The van der Waals surface area contributed by atoms with Gasteiger partial charge >= 0.3 is 5.91 Å². The highest BCUT2D eigenvalue weighted by Crippen LogP contribution is 2.30. The molecule has 1 rings (SSSR count). The fraction of sp³-hybridized carbons (Fsp3) is 0.176. The van der Waals surface area contributed by atoms with Crippen LogP contribution in [0.2, 0.25) is 0 Å². The Morgan fingerprint density at radius 3 is 2.45 bits per heavy atom. The Labute approximate surface area is 120 Å². The number of Topliss-reactive ketones (excluding diaryl/α,β-unsaturated/α-hetero) is 1. The number of amides is 1. The van der Waals surface area contributed by atoms with Crippen LogP contribution in [0.4, 0.5) is 0 Å². The second-order valence-electron chi connectivity index (χ2n) is 4.09. The number of hydrogen-bond donors (Lipinski definition) is 0. The molecule has 0 aromatic carbocycles. The molecular weight excluding hydrogens is 250 g/mol. The van der Waals surface area contributed by atoms with E-state index >= 15 is 0 Å². The first-order chi connectivity index (χ1) is 9.62. The van der Waals surface area contributed by atoms with Crippen LogP contribution in [0.5, 0.6) is 0 Å². The van der Waals surface area contributed by atoms with Gasteiger partial charge in [-0.25, -0.2) is 0 Å². The zero-order valence-corrected chi connectivity index (χ0v) is 11.9. The lowest BCUT2D eigenvalue weighted by Gasteiger charge is -2.18. The Balaban J connectivity index is 3.40. The van der Waals surface area contributed by atoms with Gasteiger partial charge in [0.15, 0.2) is 0 Å². The molecule has 0 saturated carbocycles. The Morgan fingerprint density at radius 1 is 1.25 bits per heavy atom. The standard InChI is InChI=1S/C17H19NO2/c1-5-9-12-13(8-4)18-15(11-7-3)14(10-6-2)16(19)17(18)20/h5-6,8-12H,1-2,7H2,3-4H3/b12-9-,13-8+,14-10+,15-11+. The number of rotatable bonds is 5. The van der Waals surface area contributed by atoms with Gasteiger partial charge in [-0.15, -0.1) is 0 Å². The van der Waals surface area contributed by atoms with Crippen LogP contribution < -0.4 is 0 Å². The molecule has 0 atom stereocenters. The minimum atomic E-state index is -0.542. The van der Waals surface area contributed by atoms with Crippen molar-refractivity contribution in [3.05, 3.63) is 72.7 Å². The van der Waals surface area contributed by atoms with Crippen LogP contribution in [0.15, 0.2) is 72.7 Å². The molecule has 1 heterocycles. The van der Waals surface area contributed by atoms with E-state index in [-0.39, 0.29) is 0 Å². The van der Waals surface area contributed by atoms with Crippen molar-refractivity contribution in [2.75, 3.05) is 0 Å². The highest BCUT2D eigenvalue weighted by Gasteiger charge is 2.39. The Bertz CT molecular complexity index is 560. The molecule has 0 bridgehead atoms. The van der Waals surface area contributed by atoms with Gasteiger partial charge in [-0.1, -0.05) is 50.5 Å². The predicted molar refractivity (Wildman–Crippen MR) is 81.6 cm³/mol. The summed E-state index contributed by atoms with van der Waals surface area (Å²) in [4.78, 5) is 25.7. The minimum Gasteiger partial charge on any atom is -0.283 e. The summed E-state index contributed by atoms with van der Waals surface area (Å²) < 4.78 is 0. The molecule has 0 unspecified atom stereocenters. The first-order valence-corrected chi connectivity index (χ1v) is 6.49. The summed E-state index contributed by atoms with van der Waals surface area (Å²) in [5.74, 6) is -1.05. The highest BCUT2D eigenvalue weighted by molar-refractivity contribution is 6.47. The largest absolute Gasteiger partial charge is 0.304 e. The quantitative estimate of drug-likeness (QED) is 0.435. The van der Waals surface area contributed by atoms with Crippen LogP contribution in [-0.2, 0) is 9.59 Å². The average molecular weight is 269 g/mol. The molecule has 3 heteroatoms. The number of nitrogens with zero attached hydrogens (tertiary/aromatic N) is 1. The molecule has 0 aromatic rings. The fourth-order valence-electron chi connectivity index (χ4n) is 1.96. The number of hydrogen-bond acceptors (Lipinski definition) is 2. The van der Waals surface area contributed by atoms with E-state index in [0.717, 1.165) is 6.42 Å². The minimum absolute atomic E-state index is 0.387. The van der Waals surface area contributed by atoms with E-state index in [2.05, 4.69) is 13.2 Å². The molecule has 0 aromatic heterocycles. The van der Waals surface area contributed by atoms with E-state index in [4.69, 9.17) is 0 Å². The maximum absolute atomic E-state index is 12.2. The molecule has 1 amide bonds. The smallest absolute Gasteiger partial charge is 0.283 e. The Kier molecular flexibility index (Phi) is 5.66. The van der Waals surface area contributed by atoms with Gasteiger partial charge < -0.3 is 0 Å². The second-order valence-corrected chi connectivity index (χ2v) is 4.09. The summed E-state index contributed by atoms with van der Waals surface area (Å²) in [6.45, 7) is 11.0. The summed E-state index contributed by atoms with van der Waals surface area (Å²) in [7, 11) is 0. The van der Waals surface area contributed by atoms with Gasteiger partial charge in [0.1, 0.15) is 0 Å². The van der Waals surface area contributed by atoms with Crippen molar-refractivity contribution < 1.29 is 9.59 Å². The SMILES string of the molecule is C=C/C=C\C(=C/C)N1C(=O)C(=O)C(=C/C=C)/C1=C\CC. The topological polar surface area (TPSA) is 37.4 Å². The molecule has 104 valence electrons. The molecule has 1 aliphatic rings. The Hall–Kier alpha value is -2.42. The summed E-state index contributed by atoms with van der Waals surface area (Å²) in [5, 5.41) is 0. The molecule has 1 fully saturated rings. The van der Waals surface area contributed by atoms with Crippen molar-refractivity contribution >= 4 is 11.7 Å². The lowest BCUT2D eigenvalue weighted by molar-refractivity contribution is -0.137. The van der Waals surface area contributed by atoms with E-state index < -0.39 is 11.7 Å². The molecule has 20 heavy (non-hydrogen) atoms. The molecule has 0 N–H and O–H groups in total. The third-order valence-electron chi connectivity index (χ3n) is 2.80. The normalized spacial score (nSPS) is 20.5. The number of carbonyl (C=O) groups is 2. The predicted octanol–water partition coefficient (Wildman–Crippen LogP) is 3.45. The number of carbonyl (C=O) groups excluding carboxylic acids is 2. The van der Waals surface area contributed by atoms with Gasteiger partial charge in [-0.05, 0) is 25.5 Å². The second kappa shape index (κ2) is 7.24. The first-order valence-electron chi connectivity index (χ1n) is 6.49. The Morgan fingerprint density at radius 2 is 1.95 bits per heavy atom. The fourth-order valence-corrected chi connectivity index (χ4v) is 1.96. The zero-order chi connectivity index (χ0) is 15.1. The lowest BCUT2D eigenvalue weighted by atomic mass is 10.1. The highest BCUT2D eigenvalue weighted by atomic mass is 16.2. The molecule has 0 spiro atoms. The van der Waals surface area contributed by atoms with Crippen molar-refractivity contribution in [3.8, 4) is 0 Å². The van der Waals surface area contributed by atoms with Crippen LogP contribution >= 0.6 is 0 Å². The van der Waals surface area contributed by atoms with Crippen LogP contribution in [0.25, 0.3) is 0 Å². The van der Waals surface area contributed by atoms with Gasteiger partial charge in [0, 0.05) is 5.70 Å². The summed E-state index contributed by atoms with van der Waals surface area (Å²) >= 11 is 0. The zero-order valence-electron chi connectivity index (χ0n) is 11.9. The van der Waals surface area contributed by atoms with Gasteiger partial charge in [0.2, 0.25) is 0 Å². The van der Waals surface area contributed by atoms with Crippen molar-refractivity contribution in [1.82, 2.24) is 4.90 Å². The van der Waals surface area contributed by atoms with Crippen molar-refractivity contribution in [3.63, 3.8) is 0 Å². The lowest BCUT2D eigenvalue weighted by Crippen LogP contribution is -2.25. The van der Waals surface area contributed by atoms with Crippen molar-refractivity contribution in [2.45, 2.75) is 20.3 Å². The van der Waals surface area contributed by atoms with Gasteiger partial charge in [0.25, 0.3) is 5.78 Å². The van der Waals surface area contributed by atoms with Crippen molar-refractivity contribution in [1.29, 1.82) is 0 Å². The van der Waals surface area contributed by atoms with Gasteiger partial charge in [-0.3, -0.25) is 14.5 Å². The van der Waals surface area contributed by atoms with E-state index in [1.54, 1.807) is 30.4 Å². The van der Waals surface area contributed by atoms with E-state index in [0.29, 0.717) is 17.0 Å². The van der Waals surface area contributed by atoms with Crippen LogP contribution in [0.1, 0.15) is 20.3 Å². The molecule has 3 nitrogen and oxygen atoms in total. The van der Waals surface area contributed by atoms with Crippen LogP contribution in [0.3, 0.4) is 0 Å². The van der Waals surface area contributed by atoms with E-state index in [9.17, 15) is 9.59 Å². The summed E-state index contributed by atoms with van der Waals surface area (Å²) in [5.41, 5.74) is 1.65. The average Bonchev–Trinajstić information content (AvgIpc) is 2.67. The third kappa shape index (κ3) is 2.94. The molecule has 0 aliphatic carbocycles. The maximum Gasteiger partial charge on any atom is 0.304 e. The number of likely N-dealkylation sites (tertiary alicyclic amines) is 1. The van der Waals surface area contributed by atoms with E-state index in [1.165, 1.54) is 11.0 Å². The third-order valence-corrected chi connectivity index (χ3v) is 2.80. The molecule has 1 saturated heterocycles. The molecule has 0 radical (unpaired) electrons. The summed E-state index contributed by atoms with van der Waals surface area (Å²) in [6.07, 6.45) is 12.6. The number of allylic oxidation sites excluding steroid dienone is 8. The van der Waals surface area contributed by atoms with Crippen LogP contribution in [-0.4, -0.2) is 16.6 Å². The summed E-state index contributed by atoms with van der Waals surface area (Å²) in [6, 6.07) is 0.